The molecule has 0 unspecified atom stereocenters. The molecule has 0 saturated heterocycles. The van der Waals surface area contributed by atoms with Gasteiger partial charge in [-0.05, 0) is 17.5 Å². The second-order valence-corrected chi connectivity index (χ2v) is 3.56. The lowest BCUT2D eigenvalue weighted by molar-refractivity contribution is -0.118. The van der Waals surface area contributed by atoms with E-state index in [-0.39, 0.29) is 12.5 Å². The van der Waals surface area contributed by atoms with E-state index in [0.29, 0.717) is 13.0 Å². The molecule has 0 aliphatic rings. The van der Waals surface area contributed by atoms with Gasteiger partial charge >= 0.3 is 0 Å². The van der Waals surface area contributed by atoms with Crippen molar-refractivity contribution < 1.29 is 9.90 Å². The van der Waals surface area contributed by atoms with Crippen LogP contribution >= 0.6 is 0 Å². The van der Waals surface area contributed by atoms with Gasteiger partial charge in [-0.3, -0.25) is 4.79 Å². The minimum Gasteiger partial charge on any atom is -0.396 e. The Hall–Kier alpha value is -1.61. The van der Waals surface area contributed by atoms with Gasteiger partial charge in [0.15, 0.2) is 0 Å². The SMILES string of the molecule is CC(=O)NCC=Cc1cccc(CCO)c1. The molecular weight excluding hydrogens is 202 g/mol. The summed E-state index contributed by atoms with van der Waals surface area (Å²) >= 11 is 0. The lowest BCUT2D eigenvalue weighted by Crippen LogP contribution is -2.19. The normalized spacial score (nSPS) is 10.6. The maximum atomic E-state index is 10.6. The molecule has 0 heterocycles. The maximum absolute atomic E-state index is 10.6. The van der Waals surface area contributed by atoms with Crippen molar-refractivity contribution in [2.24, 2.45) is 0 Å². The lowest BCUT2D eigenvalue weighted by atomic mass is 10.1. The smallest absolute Gasteiger partial charge is 0.217 e. The summed E-state index contributed by atoms with van der Waals surface area (Å²) in [6, 6.07) is 7.97. The summed E-state index contributed by atoms with van der Waals surface area (Å²) in [7, 11) is 0. The standard InChI is InChI=1S/C13H17NO2/c1-11(16)14-8-3-6-12-4-2-5-13(10-12)7-9-15/h2-6,10,15H,7-9H2,1H3,(H,14,16). The van der Waals surface area contributed by atoms with E-state index in [2.05, 4.69) is 5.32 Å². The van der Waals surface area contributed by atoms with Gasteiger partial charge in [-0.15, -0.1) is 0 Å². The first-order valence-electron chi connectivity index (χ1n) is 5.33. The predicted octanol–water partition coefficient (Wildman–Crippen LogP) is 1.37. The molecule has 1 aromatic rings. The Morgan fingerprint density at radius 2 is 2.31 bits per heavy atom. The molecule has 0 aromatic heterocycles. The van der Waals surface area contributed by atoms with Crippen LogP contribution in [0.15, 0.2) is 30.3 Å². The second-order valence-electron chi connectivity index (χ2n) is 3.56. The van der Waals surface area contributed by atoms with E-state index < -0.39 is 0 Å². The minimum atomic E-state index is -0.0290. The largest absolute Gasteiger partial charge is 0.396 e. The quantitative estimate of drug-likeness (QED) is 0.785. The van der Waals surface area contributed by atoms with Crippen LogP contribution in [0.1, 0.15) is 18.1 Å². The first-order valence-corrected chi connectivity index (χ1v) is 5.33. The molecule has 2 N–H and O–H groups in total. The van der Waals surface area contributed by atoms with E-state index >= 15 is 0 Å². The fourth-order valence-corrected chi connectivity index (χ4v) is 1.38. The monoisotopic (exact) mass is 219 g/mol. The number of nitrogens with one attached hydrogen (secondary N) is 1. The molecule has 3 heteroatoms. The van der Waals surface area contributed by atoms with Crippen molar-refractivity contribution in [3.63, 3.8) is 0 Å². The number of carbonyl (C=O) groups excluding carboxylic acids is 1. The third kappa shape index (κ3) is 4.75. The van der Waals surface area contributed by atoms with E-state index in [0.717, 1.165) is 11.1 Å². The molecule has 0 atom stereocenters. The molecule has 1 amide bonds. The summed E-state index contributed by atoms with van der Waals surface area (Å²) in [6.45, 7) is 2.20. The summed E-state index contributed by atoms with van der Waals surface area (Å²) < 4.78 is 0. The first kappa shape index (κ1) is 12.5. The summed E-state index contributed by atoms with van der Waals surface area (Å²) in [5.41, 5.74) is 2.19. The zero-order chi connectivity index (χ0) is 11.8. The number of carbonyl (C=O) groups is 1. The number of benzene rings is 1. The molecule has 86 valence electrons. The van der Waals surface area contributed by atoms with E-state index in [1.807, 2.05) is 36.4 Å². The van der Waals surface area contributed by atoms with Crippen molar-refractivity contribution in [3.8, 4) is 0 Å². The van der Waals surface area contributed by atoms with Gasteiger partial charge in [0.1, 0.15) is 0 Å². The minimum absolute atomic E-state index is 0.0290. The van der Waals surface area contributed by atoms with E-state index in [1.165, 1.54) is 6.92 Å². The van der Waals surface area contributed by atoms with Crippen molar-refractivity contribution in [2.45, 2.75) is 13.3 Å². The number of amides is 1. The lowest BCUT2D eigenvalue weighted by Gasteiger charge is -2.00. The molecule has 0 aliphatic carbocycles. The highest BCUT2D eigenvalue weighted by molar-refractivity contribution is 5.73. The summed E-state index contributed by atoms with van der Waals surface area (Å²) in [6.07, 6.45) is 4.53. The van der Waals surface area contributed by atoms with Crippen LogP contribution in [-0.2, 0) is 11.2 Å². The van der Waals surface area contributed by atoms with Gasteiger partial charge < -0.3 is 10.4 Å². The zero-order valence-corrected chi connectivity index (χ0v) is 9.44. The van der Waals surface area contributed by atoms with Crippen LogP contribution in [0.25, 0.3) is 6.08 Å². The number of rotatable bonds is 5. The zero-order valence-electron chi connectivity index (χ0n) is 9.44. The topological polar surface area (TPSA) is 49.3 Å². The molecule has 1 aromatic carbocycles. The first-order chi connectivity index (χ1) is 7.72. The Morgan fingerprint density at radius 1 is 1.50 bits per heavy atom. The van der Waals surface area contributed by atoms with Gasteiger partial charge in [0.05, 0.1) is 0 Å². The number of hydrogen-bond acceptors (Lipinski definition) is 2. The van der Waals surface area contributed by atoms with Crippen LogP contribution < -0.4 is 5.32 Å². The van der Waals surface area contributed by atoms with Crippen LogP contribution in [0.4, 0.5) is 0 Å². The van der Waals surface area contributed by atoms with Crippen molar-refractivity contribution in [2.75, 3.05) is 13.2 Å². The van der Waals surface area contributed by atoms with Crippen molar-refractivity contribution in [1.29, 1.82) is 0 Å². The predicted molar refractivity (Wildman–Crippen MR) is 64.9 cm³/mol. The Bertz CT molecular complexity index is 372. The average molecular weight is 219 g/mol. The number of aliphatic hydroxyl groups is 1. The van der Waals surface area contributed by atoms with Gasteiger partial charge in [0.25, 0.3) is 0 Å². The number of aliphatic hydroxyl groups excluding tert-OH is 1. The van der Waals surface area contributed by atoms with Crippen LogP contribution in [0.5, 0.6) is 0 Å². The summed E-state index contributed by atoms with van der Waals surface area (Å²) in [4.78, 5) is 10.6. The van der Waals surface area contributed by atoms with E-state index in [1.54, 1.807) is 0 Å². The van der Waals surface area contributed by atoms with Crippen molar-refractivity contribution in [1.82, 2.24) is 5.32 Å². The molecule has 3 nitrogen and oxygen atoms in total. The number of hydrogen-bond donors (Lipinski definition) is 2. The van der Waals surface area contributed by atoms with Gasteiger partial charge in [-0.1, -0.05) is 36.4 Å². The average Bonchev–Trinajstić information content (AvgIpc) is 2.25. The van der Waals surface area contributed by atoms with Crippen molar-refractivity contribution in [3.05, 3.63) is 41.5 Å². The highest BCUT2D eigenvalue weighted by Gasteiger charge is 1.92. The Balaban J connectivity index is 2.52. The van der Waals surface area contributed by atoms with Gasteiger partial charge in [0, 0.05) is 20.1 Å². The van der Waals surface area contributed by atoms with E-state index in [9.17, 15) is 4.79 Å². The fourth-order valence-electron chi connectivity index (χ4n) is 1.38. The molecule has 16 heavy (non-hydrogen) atoms. The van der Waals surface area contributed by atoms with Gasteiger partial charge in [0.2, 0.25) is 5.91 Å². The third-order valence-electron chi connectivity index (χ3n) is 2.13. The Labute approximate surface area is 95.8 Å². The molecule has 0 saturated carbocycles. The molecule has 0 spiro atoms. The van der Waals surface area contributed by atoms with Gasteiger partial charge in [-0.2, -0.15) is 0 Å². The fraction of sp³-hybridized carbons (Fsp3) is 0.308. The van der Waals surface area contributed by atoms with Crippen LogP contribution in [-0.4, -0.2) is 24.2 Å². The second kappa shape index (κ2) is 6.80. The highest BCUT2D eigenvalue weighted by Crippen LogP contribution is 2.07. The summed E-state index contributed by atoms with van der Waals surface area (Å²) in [5, 5.41) is 11.5. The Morgan fingerprint density at radius 3 is 3.00 bits per heavy atom. The van der Waals surface area contributed by atoms with Crippen LogP contribution in [0, 0.1) is 0 Å². The summed E-state index contributed by atoms with van der Waals surface area (Å²) in [5.74, 6) is -0.0290. The van der Waals surface area contributed by atoms with Gasteiger partial charge in [-0.25, -0.2) is 0 Å². The van der Waals surface area contributed by atoms with Crippen LogP contribution in [0.3, 0.4) is 0 Å². The molecule has 0 radical (unpaired) electrons. The molecule has 0 aliphatic heterocycles. The van der Waals surface area contributed by atoms with E-state index in [4.69, 9.17) is 5.11 Å². The molecular formula is C13H17NO2. The molecule has 1 rings (SSSR count). The Kier molecular flexibility index (Phi) is 5.29. The highest BCUT2D eigenvalue weighted by atomic mass is 16.2. The molecule has 0 bridgehead atoms. The third-order valence-corrected chi connectivity index (χ3v) is 2.13. The maximum Gasteiger partial charge on any atom is 0.217 e. The molecule has 0 fully saturated rings. The van der Waals surface area contributed by atoms with Crippen molar-refractivity contribution >= 4 is 12.0 Å². The van der Waals surface area contributed by atoms with Crippen LogP contribution in [0.2, 0.25) is 0 Å².